The minimum atomic E-state index is -0.155. The number of para-hydroxylation sites is 1. The van der Waals surface area contributed by atoms with Gasteiger partial charge in [0, 0.05) is 16.8 Å². The highest BCUT2D eigenvalue weighted by molar-refractivity contribution is 5.95. The number of aryl methyl sites for hydroxylation is 1. The molecule has 1 amide bonds. The van der Waals surface area contributed by atoms with E-state index in [-0.39, 0.29) is 12.3 Å². The van der Waals surface area contributed by atoms with Crippen LogP contribution < -0.4 is 11.1 Å². The molecule has 106 valence electrons. The van der Waals surface area contributed by atoms with E-state index in [4.69, 9.17) is 10.3 Å². The lowest BCUT2D eigenvalue weighted by atomic mass is 10.1. The van der Waals surface area contributed by atoms with Crippen molar-refractivity contribution in [2.24, 2.45) is 0 Å². The Labute approximate surface area is 121 Å². The summed E-state index contributed by atoms with van der Waals surface area (Å²) in [5.41, 5.74) is 9.45. The van der Waals surface area contributed by atoms with Gasteiger partial charge >= 0.3 is 0 Å². The predicted octanol–water partition coefficient (Wildman–Crippen LogP) is 2.90. The molecule has 1 aromatic heterocycles. The van der Waals surface area contributed by atoms with Crippen molar-refractivity contribution in [3.05, 3.63) is 53.7 Å². The van der Waals surface area contributed by atoms with Gasteiger partial charge in [-0.1, -0.05) is 23.4 Å². The Morgan fingerprint density at radius 2 is 2.10 bits per heavy atom. The molecule has 0 aliphatic rings. The summed E-state index contributed by atoms with van der Waals surface area (Å²) in [6, 6.07) is 12.9. The number of benzene rings is 2. The fourth-order valence-electron chi connectivity index (χ4n) is 2.14. The Morgan fingerprint density at radius 3 is 2.90 bits per heavy atom. The van der Waals surface area contributed by atoms with Crippen LogP contribution in [-0.2, 0) is 11.2 Å². The largest absolute Gasteiger partial charge is 0.398 e. The zero-order chi connectivity index (χ0) is 14.8. The first-order valence-corrected chi connectivity index (χ1v) is 6.63. The van der Waals surface area contributed by atoms with E-state index in [0.29, 0.717) is 22.7 Å². The van der Waals surface area contributed by atoms with Crippen molar-refractivity contribution in [1.82, 2.24) is 5.16 Å². The van der Waals surface area contributed by atoms with Crippen LogP contribution in [0.3, 0.4) is 0 Å². The number of nitrogens with zero attached hydrogens (tertiary/aromatic N) is 1. The normalized spacial score (nSPS) is 10.7. The number of hydrogen-bond donors (Lipinski definition) is 2. The average molecular weight is 281 g/mol. The van der Waals surface area contributed by atoms with Gasteiger partial charge < -0.3 is 15.6 Å². The van der Waals surface area contributed by atoms with E-state index < -0.39 is 0 Å². The fourth-order valence-corrected chi connectivity index (χ4v) is 2.14. The standard InChI is InChI=1S/C16H15N3O2/c1-10-6-7-11(8-13(10)17)18-16(20)9-14-12-4-2-3-5-15(12)21-19-14/h2-8H,9,17H2,1H3,(H,18,20). The van der Waals surface area contributed by atoms with E-state index in [2.05, 4.69) is 10.5 Å². The minimum absolute atomic E-state index is 0.155. The average Bonchev–Trinajstić information content (AvgIpc) is 2.86. The Hall–Kier alpha value is -2.82. The molecule has 0 fully saturated rings. The molecule has 3 rings (SSSR count). The Kier molecular flexibility index (Phi) is 3.31. The number of carbonyl (C=O) groups excluding carboxylic acids is 1. The molecule has 0 aliphatic heterocycles. The smallest absolute Gasteiger partial charge is 0.230 e. The summed E-state index contributed by atoms with van der Waals surface area (Å²) in [7, 11) is 0. The Balaban J connectivity index is 1.75. The van der Waals surface area contributed by atoms with Crippen LogP contribution in [0.25, 0.3) is 11.0 Å². The van der Waals surface area contributed by atoms with E-state index in [1.807, 2.05) is 43.3 Å². The summed E-state index contributed by atoms with van der Waals surface area (Å²) < 4.78 is 5.18. The third kappa shape index (κ3) is 2.72. The second-order valence-electron chi connectivity index (χ2n) is 4.92. The van der Waals surface area contributed by atoms with Gasteiger partial charge in [-0.25, -0.2) is 0 Å². The van der Waals surface area contributed by atoms with Crippen molar-refractivity contribution < 1.29 is 9.32 Å². The topological polar surface area (TPSA) is 81.2 Å². The van der Waals surface area contributed by atoms with Crippen LogP contribution >= 0.6 is 0 Å². The molecular formula is C16H15N3O2. The number of anilines is 2. The number of nitrogen functional groups attached to an aromatic ring is 1. The van der Waals surface area contributed by atoms with E-state index in [1.165, 1.54) is 0 Å². The van der Waals surface area contributed by atoms with Crippen LogP contribution in [0.2, 0.25) is 0 Å². The molecule has 0 atom stereocenters. The second-order valence-corrected chi connectivity index (χ2v) is 4.92. The molecular weight excluding hydrogens is 266 g/mol. The second kappa shape index (κ2) is 5.28. The number of aromatic nitrogens is 1. The van der Waals surface area contributed by atoms with Gasteiger partial charge in [0.05, 0.1) is 6.42 Å². The van der Waals surface area contributed by atoms with Crippen LogP contribution in [0.4, 0.5) is 11.4 Å². The Morgan fingerprint density at radius 1 is 1.29 bits per heavy atom. The zero-order valence-corrected chi connectivity index (χ0v) is 11.6. The highest BCUT2D eigenvalue weighted by Gasteiger charge is 2.12. The number of nitrogens with one attached hydrogen (secondary N) is 1. The van der Waals surface area contributed by atoms with Gasteiger partial charge in [0.15, 0.2) is 5.58 Å². The first kappa shape index (κ1) is 13.2. The van der Waals surface area contributed by atoms with Crippen LogP contribution in [0.1, 0.15) is 11.3 Å². The molecule has 0 bridgehead atoms. The molecule has 21 heavy (non-hydrogen) atoms. The molecule has 0 spiro atoms. The summed E-state index contributed by atoms with van der Waals surface area (Å²) in [6.45, 7) is 1.92. The van der Waals surface area contributed by atoms with Gasteiger partial charge in [0.1, 0.15) is 5.69 Å². The molecule has 0 aliphatic carbocycles. The number of hydrogen-bond acceptors (Lipinski definition) is 4. The van der Waals surface area contributed by atoms with Gasteiger partial charge in [0.25, 0.3) is 0 Å². The molecule has 1 heterocycles. The Bertz CT molecular complexity index is 808. The quantitative estimate of drug-likeness (QED) is 0.723. The summed E-state index contributed by atoms with van der Waals surface area (Å²) in [5.74, 6) is -0.155. The molecule has 3 aromatic rings. The number of rotatable bonds is 3. The molecule has 2 aromatic carbocycles. The number of fused-ring (bicyclic) bond motifs is 1. The van der Waals surface area contributed by atoms with E-state index in [9.17, 15) is 4.79 Å². The lowest BCUT2D eigenvalue weighted by Gasteiger charge is -2.06. The van der Waals surface area contributed by atoms with Gasteiger partial charge in [-0.05, 0) is 36.8 Å². The zero-order valence-electron chi connectivity index (χ0n) is 11.6. The maximum absolute atomic E-state index is 12.1. The van der Waals surface area contributed by atoms with Gasteiger partial charge in [0.2, 0.25) is 5.91 Å². The van der Waals surface area contributed by atoms with Crippen molar-refractivity contribution in [2.45, 2.75) is 13.3 Å². The summed E-state index contributed by atoms with van der Waals surface area (Å²) in [4.78, 5) is 12.1. The molecule has 0 saturated carbocycles. The first-order chi connectivity index (χ1) is 10.1. The van der Waals surface area contributed by atoms with Crippen LogP contribution in [0.5, 0.6) is 0 Å². The van der Waals surface area contributed by atoms with E-state index in [1.54, 1.807) is 6.07 Å². The maximum atomic E-state index is 12.1. The van der Waals surface area contributed by atoms with Gasteiger partial charge in [-0.2, -0.15) is 0 Å². The number of carbonyl (C=O) groups is 1. The molecule has 0 radical (unpaired) electrons. The third-order valence-electron chi connectivity index (χ3n) is 3.34. The number of amides is 1. The summed E-state index contributed by atoms with van der Waals surface area (Å²) >= 11 is 0. The SMILES string of the molecule is Cc1ccc(NC(=O)Cc2noc3ccccc23)cc1N. The predicted molar refractivity (Wildman–Crippen MR) is 81.9 cm³/mol. The van der Waals surface area contributed by atoms with Crippen molar-refractivity contribution in [2.75, 3.05) is 11.1 Å². The van der Waals surface area contributed by atoms with Crippen molar-refractivity contribution >= 4 is 28.3 Å². The van der Waals surface area contributed by atoms with Crippen LogP contribution in [0, 0.1) is 6.92 Å². The van der Waals surface area contributed by atoms with Gasteiger partial charge in [-0.15, -0.1) is 0 Å². The monoisotopic (exact) mass is 281 g/mol. The van der Waals surface area contributed by atoms with Crippen LogP contribution in [-0.4, -0.2) is 11.1 Å². The van der Waals surface area contributed by atoms with Crippen molar-refractivity contribution in [1.29, 1.82) is 0 Å². The van der Waals surface area contributed by atoms with Gasteiger partial charge in [-0.3, -0.25) is 4.79 Å². The van der Waals surface area contributed by atoms with E-state index >= 15 is 0 Å². The van der Waals surface area contributed by atoms with E-state index in [0.717, 1.165) is 10.9 Å². The first-order valence-electron chi connectivity index (χ1n) is 6.63. The fraction of sp³-hybridized carbons (Fsp3) is 0.125. The maximum Gasteiger partial charge on any atom is 0.230 e. The summed E-state index contributed by atoms with van der Waals surface area (Å²) in [5, 5.41) is 7.62. The van der Waals surface area contributed by atoms with Crippen molar-refractivity contribution in [3.63, 3.8) is 0 Å². The lowest BCUT2D eigenvalue weighted by Crippen LogP contribution is -2.15. The minimum Gasteiger partial charge on any atom is -0.398 e. The molecule has 3 N–H and O–H groups in total. The lowest BCUT2D eigenvalue weighted by molar-refractivity contribution is -0.115. The highest BCUT2D eigenvalue weighted by Crippen LogP contribution is 2.20. The highest BCUT2D eigenvalue weighted by atomic mass is 16.5. The van der Waals surface area contributed by atoms with Crippen molar-refractivity contribution in [3.8, 4) is 0 Å². The number of nitrogens with two attached hydrogens (primary N) is 1. The molecule has 0 unspecified atom stereocenters. The van der Waals surface area contributed by atoms with Crippen LogP contribution in [0.15, 0.2) is 47.0 Å². The molecule has 5 heteroatoms. The molecule has 0 saturated heterocycles. The third-order valence-corrected chi connectivity index (χ3v) is 3.34. The summed E-state index contributed by atoms with van der Waals surface area (Å²) in [6.07, 6.45) is 0.158. The molecule has 5 nitrogen and oxygen atoms in total.